The van der Waals surface area contributed by atoms with Gasteiger partial charge in [-0.15, -0.1) is 0 Å². The maximum Gasteiger partial charge on any atom is 0.0948 e. The number of imidazole rings is 1. The Balaban J connectivity index is 2.30. The third-order valence-corrected chi connectivity index (χ3v) is 2.31. The second-order valence-electron chi connectivity index (χ2n) is 3.54. The molecule has 0 unspecified atom stereocenters. The monoisotopic (exact) mass is 195 g/mol. The van der Waals surface area contributed by atoms with E-state index < -0.39 is 0 Å². The quantitative estimate of drug-likeness (QED) is 0.673. The molecule has 0 amide bonds. The number of hydrogen-bond acceptors (Lipinski definition) is 2. The van der Waals surface area contributed by atoms with Gasteiger partial charge < -0.3 is 9.88 Å². The van der Waals surface area contributed by atoms with Gasteiger partial charge in [-0.1, -0.05) is 20.3 Å². The van der Waals surface area contributed by atoms with Crippen molar-refractivity contribution in [2.75, 3.05) is 13.1 Å². The highest BCUT2D eigenvalue weighted by atomic mass is 15.0. The molecule has 0 aromatic carbocycles. The van der Waals surface area contributed by atoms with Gasteiger partial charge in [-0.2, -0.15) is 0 Å². The smallest absolute Gasteiger partial charge is 0.0948 e. The second kappa shape index (κ2) is 6.60. The number of aromatic nitrogens is 2. The Morgan fingerprint density at radius 2 is 2.29 bits per heavy atom. The van der Waals surface area contributed by atoms with Gasteiger partial charge in [0.2, 0.25) is 0 Å². The lowest BCUT2D eigenvalue weighted by atomic mass is 10.2. The predicted molar refractivity (Wildman–Crippen MR) is 59.4 cm³/mol. The van der Waals surface area contributed by atoms with Crippen LogP contribution in [0.4, 0.5) is 0 Å². The molecule has 0 aliphatic rings. The minimum absolute atomic E-state index is 1.06. The largest absolute Gasteiger partial charge is 0.335 e. The van der Waals surface area contributed by atoms with Crippen molar-refractivity contribution in [1.82, 2.24) is 14.9 Å². The molecule has 3 nitrogen and oxygen atoms in total. The van der Waals surface area contributed by atoms with E-state index in [0.29, 0.717) is 0 Å². The number of hydrogen-bond donors (Lipinski definition) is 1. The molecule has 0 aliphatic heterocycles. The van der Waals surface area contributed by atoms with E-state index in [2.05, 4.69) is 28.7 Å². The highest BCUT2D eigenvalue weighted by molar-refractivity contribution is 4.98. The Kier molecular flexibility index (Phi) is 5.30. The number of nitrogens with zero attached hydrogens (tertiary/aromatic N) is 2. The summed E-state index contributed by atoms with van der Waals surface area (Å²) in [5.41, 5.74) is 1.36. The molecular formula is C11H21N3. The van der Waals surface area contributed by atoms with E-state index in [-0.39, 0.29) is 0 Å². The molecular weight excluding hydrogens is 174 g/mol. The lowest BCUT2D eigenvalue weighted by Crippen LogP contribution is -2.16. The number of aryl methyl sites for hydroxylation is 2. The molecule has 0 radical (unpaired) electrons. The van der Waals surface area contributed by atoms with Gasteiger partial charge in [0.1, 0.15) is 0 Å². The highest BCUT2D eigenvalue weighted by Crippen LogP contribution is 2.03. The van der Waals surface area contributed by atoms with Gasteiger partial charge in [-0.05, 0) is 25.9 Å². The first-order valence-electron chi connectivity index (χ1n) is 5.58. The summed E-state index contributed by atoms with van der Waals surface area (Å²) in [6, 6.07) is 0. The summed E-state index contributed by atoms with van der Waals surface area (Å²) < 4.78 is 2.26. The third kappa shape index (κ3) is 3.50. The van der Waals surface area contributed by atoms with Crippen LogP contribution in [0.15, 0.2) is 12.5 Å². The highest BCUT2D eigenvalue weighted by Gasteiger charge is 1.99. The molecule has 0 fully saturated rings. The van der Waals surface area contributed by atoms with E-state index in [9.17, 15) is 0 Å². The maximum atomic E-state index is 4.18. The van der Waals surface area contributed by atoms with Crippen LogP contribution in [0.3, 0.4) is 0 Å². The van der Waals surface area contributed by atoms with Crippen LogP contribution in [0.2, 0.25) is 0 Å². The number of nitrogens with one attached hydrogen (secondary N) is 1. The van der Waals surface area contributed by atoms with Gasteiger partial charge in [-0.3, -0.25) is 0 Å². The van der Waals surface area contributed by atoms with Gasteiger partial charge in [-0.25, -0.2) is 4.98 Å². The summed E-state index contributed by atoms with van der Waals surface area (Å²) in [4.78, 5) is 4.18. The van der Waals surface area contributed by atoms with Crippen molar-refractivity contribution in [2.24, 2.45) is 0 Å². The lowest BCUT2D eigenvalue weighted by molar-refractivity contribution is 0.575. The fourth-order valence-electron chi connectivity index (χ4n) is 1.56. The Morgan fingerprint density at radius 1 is 1.43 bits per heavy atom. The zero-order valence-electron chi connectivity index (χ0n) is 9.29. The second-order valence-corrected chi connectivity index (χ2v) is 3.54. The molecule has 0 saturated carbocycles. The van der Waals surface area contributed by atoms with Crippen molar-refractivity contribution in [3.63, 3.8) is 0 Å². The normalized spacial score (nSPS) is 10.7. The molecule has 0 bridgehead atoms. The average molecular weight is 195 g/mol. The van der Waals surface area contributed by atoms with E-state index in [0.717, 1.165) is 26.1 Å². The fourth-order valence-corrected chi connectivity index (χ4v) is 1.56. The standard InChI is InChI=1S/C11H21N3/c1-3-6-11-9-13-10-14(11)8-5-7-12-4-2/h9-10,12H,3-8H2,1-2H3. The van der Waals surface area contributed by atoms with Crippen molar-refractivity contribution in [1.29, 1.82) is 0 Å². The van der Waals surface area contributed by atoms with Gasteiger partial charge in [0, 0.05) is 18.4 Å². The summed E-state index contributed by atoms with van der Waals surface area (Å²) in [5, 5.41) is 3.33. The molecule has 1 N–H and O–H groups in total. The molecule has 3 heteroatoms. The van der Waals surface area contributed by atoms with Crippen molar-refractivity contribution >= 4 is 0 Å². The first-order valence-corrected chi connectivity index (χ1v) is 5.58. The molecule has 1 aromatic rings. The Labute approximate surface area is 86.5 Å². The van der Waals surface area contributed by atoms with Crippen LogP contribution in [0.5, 0.6) is 0 Å². The molecule has 0 spiro atoms. The summed E-state index contributed by atoms with van der Waals surface area (Å²) in [6.07, 6.45) is 7.44. The van der Waals surface area contributed by atoms with Crippen molar-refractivity contribution in [3.05, 3.63) is 18.2 Å². The van der Waals surface area contributed by atoms with Gasteiger partial charge in [0.25, 0.3) is 0 Å². The van der Waals surface area contributed by atoms with E-state index >= 15 is 0 Å². The molecule has 1 heterocycles. The van der Waals surface area contributed by atoms with Gasteiger partial charge in [0.15, 0.2) is 0 Å². The van der Waals surface area contributed by atoms with Crippen molar-refractivity contribution in [3.8, 4) is 0 Å². The van der Waals surface area contributed by atoms with Crippen LogP contribution in [0.1, 0.15) is 32.4 Å². The summed E-state index contributed by atoms with van der Waals surface area (Å²) in [6.45, 7) is 7.59. The van der Waals surface area contributed by atoms with Crippen LogP contribution in [0.25, 0.3) is 0 Å². The maximum absolute atomic E-state index is 4.18. The van der Waals surface area contributed by atoms with Crippen LogP contribution in [-0.4, -0.2) is 22.6 Å². The lowest BCUT2D eigenvalue weighted by Gasteiger charge is -2.07. The Bertz CT molecular complexity index is 242. The van der Waals surface area contributed by atoms with Crippen LogP contribution in [-0.2, 0) is 13.0 Å². The molecule has 80 valence electrons. The molecule has 1 rings (SSSR count). The topological polar surface area (TPSA) is 29.9 Å². The van der Waals surface area contributed by atoms with Crippen LogP contribution >= 0.6 is 0 Å². The predicted octanol–water partition coefficient (Wildman–Crippen LogP) is 1.84. The summed E-state index contributed by atoms with van der Waals surface area (Å²) in [7, 11) is 0. The summed E-state index contributed by atoms with van der Waals surface area (Å²) in [5.74, 6) is 0. The Morgan fingerprint density at radius 3 is 3.00 bits per heavy atom. The summed E-state index contributed by atoms with van der Waals surface area (Å²) >= 11 is 0. The first kappa shape index (κ1) is 11.2. The molecule has 0 saturated heterocycles. The Hall–Kier alpha value is -0.830. The van der Waals surface area contributed by atoms with E-state index in [1.807, 2.05) is 12.5 Å². The van der Waals surface area contributed by atoms with Gasteiger partial charge in [0.05, 0.1) is 6.33 Å². The van der Waals surface area contributed by atoms with E-state index in [1.54, 1.807) is 0 Å². The van der Waals surface area contributed by atoms with E-state index in [4.69, 9.17) is 0 Å². The molecule has 1 aromatic heterocycles. The molecule has 0 atom stereocenters. The van der Waals surface area contributed by atoms with Crippen molar-refractivity contribution in [2.45, 2.75) is 39.7 Å². The van der Waals surface area contributed by atoms with Crippen molar-refractivity contribution < 1.29 is 0 Å². The van der Waals surface area contributed by atoms with Gasteiger partial charge >= 0.3 is 0 Å². The van der Waals surface area contributed by atoms with E-state index in [1.165, 1.54) is 18.5 Å². The average Bonchev–Trinajstić information content (AvgIpc) is 2.61. The molecule has 14 heavy (non-hydrogen) atoms. The SMILES string of the molecule is CCCc1cncn1CCCNCC. The third-order valence-electron chi connectivity index (χ3n) is 2.31. The van der Waals surface area contributed by atoms with Crippen LogP contribution < -0.4 is 5.32 Å². The minimum atomic E-state index is 1.06. The fraction of sp³-hybridized carbons (Fsp3) is 0.727. The minimum Gasteiger partial charge on any atom is -0.335 e. The zero-order valence-corrected chi connectivity index (χ0v) is 9.29. The zero-order chi connectivity index (χ0) is 10.2. The van der Waals surface area contributed by atoms with Crippen LogP contribution in [0, 0.1) is 0 Å². The first-order chi connectivity index (χ1) is 6.88. The number of rotatable bonds is 7. The molecule has 0 aliphatic carbocycles.